The van der Waals surface area contributed by atoms with Crippen molar-refractivity contribution < 1.29 is 4.39 Å². The third-order valence-corrected chi connectivity index (χ3v) is 2.89. The van der Waals surface area contributed by atoms with Gasteiger partial charge in [-0.2, -0.15) is 0 Å². The zero-order valence-corrected chi connectivity index (χ0v) is 7.83. The Morgan fingerprint density at radius 1 is 1.33 bits per heavy atom. The highest BCUT2D eigenvalue weighted by Crippen LogP contribution is 2.41. The smallest absolute Gasteiger partial charge is 0.124 e. The minimum atomic E-state index is -0.0938. The molecule has 0 N–H and O–H groups in total. The molecule has 2 rings (SSSR count). The van der Waals surface area contributed by atoms with Crippen molar-refractivity contribution in [3.63, 3.8) is 0 Å². The molecule has 2 heteroatoms. The number of thioether (sulfide) groups is 1. The summed E-state index contributed by atoms with van der Waals surface area (Å²) in [5.41, 5.74) is 1.18. The fourth-order valence-electron chi connectivity index (χ4n) is 1.35. The molecule has 0 amide bonds. The minimum Gasteiger partial charge on any atom is -0.207 e. The van der Waals surface area contributed by atoms with Gasteiger partial charge in [0.1, 0.15) is 5.82 Å². The Balaban J connectivity index is 2.34. The second-order valence-corrected chi connectivity index (χ2v) is 4.08. The zero-order valence-electron chi connectivity index (χ0n) is 7.01. The van der Waals surface area contributed by atoms with Crippen molar-refractivity contribution in [1.29, 1.82) is 0 Å². The predicted octanol–water partition coefficient (Wildman–Crippen LogP) is 3.43. The van der Waals surface area contributed by atoms with Gasteiger partial charge in [0.05, 0.1) is 0 Å². The Kier molecular flexibility index (Phi) is 2.09. The molecular formula is C10H11FS. The predicted molar refractivity (Wildman–Crippen MR) is 50.2 cm³/mol. The first-order chi connectivity index (χ1) is 5.79. The largest absolute Gasteiger partial charge is 0.207 e. The lowest BCUT2D eigenvalue weighted by molar-refractivity contribution is 0.621. The van der Waals surface area contributed by atoms with Crippen LogP contribution in [0.5, 0.6) is 0 Å². The van der Waals surface area contributed by atoms with E-state index in [0.717, 1.165) is 4.90 Å². The molecule has 0 saturated heterocycles. The molecular weight excluding hydrogens is 171 g/mol. The highest BCUT2D eigenvalue weighted by Gasteiger charge is 2.24. The maximum Gasteiger partial charge on any atom is 0.124 e. The van der Waals surface area contributed by atoms with Crippen LogP contribution in [0.15, 0.2) is 23.1 Å². The average molecular weight is 182 g/mol. The molecule has 1 aliphatic carbocycles. The topological polar surface area (TPSA) is 0 Å². The third kappa shape index (κ3) is 1.63. The van der Waals surface area contributed by atoms with Crippen LogP contribution >= 0.6 is 11.8 Å². The fourth-order valence-corrected chi connectivity index (χ4v) is 1.84. The summed E-state index contributed by atoms with van der Waals surface area (Å²) < 4.78 is 13.0. The van der Waals surface area contributed by atoms with Crippen LogP contribution in [0.3, 0.4) is 0 Å². The standard InChI is InChI=1S/C10H11FS/c1-12-10-5-8(7-2-3-7)4-9(11)6-10/h4-7H,2-3H2,1H3. The quantitative estimate of drug-likeness (QED) is 0.631. The van der Waals surface area contributed by atoms with Crippen molar-refractivity contribution in [2.75, 3.05) is 6.26 Å². The highest BCUT2D eigenvalue weighted by atomic mass is 32.2. The first-order valence-electron chi connectivity index (χ1n) is 4.14. The molecule has 1 fully saturated rings. The van der Waals surface area contributed by atoms with Crippen LogP contribution in [-0.2, 0) is 0 Å². The van der Waals surface area contributed by atoms with Crippen molar-refractivity contribution >= 4 is 11.8 Å². The van der Waals surface area contributed by atoms with E-state index in [4.69, 9.17) is 0 Å². The molecule has 1 aromatic carbocycles. The minimum absolute atomic E-state index is 0.0938. The SMILES string of the molecule is CSc1cc(F)cc(C2CC2)c1. The lowest BCUT2D eigenvalue weighted by Gasteiger charge is -2.01. The van der Waals surface area contributed by atoms with Gasteiger partial charge in [0.25, 0.3) is 0 Å². The Hall–Kier alpha value is -0.500. The van der Waals surface area contributed by atoms with Gasteiger partial charge in [-0.1, -0.05) is 0 Å². The molecule has 0 unspecified atom stereocenters. The van der Waals surface area contributed by atoms with Gasteiger partial charge in [-0.3, -0.25) is 0 Å². The maximum atomic E-state index is 13.0. The van der Waals surface area contributed by atoms with E-state index in [0.29, 0.717) is 5.92 Å². The van der Waals surface area contributed by atoms with Crippen LogP contribution in [0, 0.1) is 5.82 Å². The molecule has 0 aliphatic heterocycles. The fraction of sp³-hybridized carbons (Fsp3) is 0.400. The molecule has 1 aromatic rings. The summed E-state index contributed by atoms with van der Waals surface area (Å²) in [7, 11) is 0. The van der Waals surface area contributed by atoms with Crippen LogP contribution in [0.1, 0.15) is 24.3 Å². The van der Waals surface area contributed by atoms with Gasteiger partial charge < -0.3 is 0 Å². The van der Waals surface area contributed by atoms with Crippen molar-refractivity contribution in [3.8, 4) is 0 Å². The summed E-state index contributed by atoms with van der Waals surface area (Å²) in [6.07, 6.45) is 4.44. The molecule has 1 saturated carbocycles. The number of hydrogen-bond donors (Lipinski definition) is 0. The summed E-state index contributed by atoms with van der Waals surface area (Å²) in [5, 5.41) is 0. The van der Waals surface area contributed by atoms with E-state index in [9.17, 15) is 4.39 Å². The molecule has 0 aromatic heterocycles. The highest BCUT2D eigenvalue weighted by molar-refractivity contribution is 7.98. The van der Waals surface area contributed by atoms with Crippen LogP contribution in [-0.4, -0.2) is 6.26 Å². The Morgan fingerprint density at radius 3 is 2.67 bits per heavy atom. The Bertz CT molecular complexity index is 292. The normalized spacial score (nSPS) is 16.5. The van der Waals surface area contributed by atoms with Gasteiger partial charge in [0.15, 0.2) is 0 Å². The number of halogens is 1. The number of hydrogen-bond acceptors (Lipinski definition) is 1. The average Bonchev–Trinajstić information content (AvgIpc) is 2.85. The first-order valence-corrected chi connectivity index (χ1v) is 5.36. The summed E-state index contributed by atoms with van der Waals surface area (Å²) >= 11 is 1.60. The van der Waals surface area contributed by atoms with Crippen LogP contribution in [0.25, 0.3) is 0 Å². The molecule has 12 heavy (non-hydrogen) atoms. The molecule has 0 nitrogen and oxygen atoms in total. The second-order valence-electron chi connectivity index (χ2n) is 3.20. The van der Waals surface area contributed by atoms with E-state index >= 15 is 0 Å². The van der Waals surface area contributed by atoms with E-state index in [-0.39, 0.29) is 5.82 Å². The lowest BCUT2D eigenvalue weighted by Crippen LogP contribution is -1.83. The summed E-state index contributed by atoms with van der Waals surface area (Å²) in [6, 6.07) is 5.36. The molecule has 0 heterocycles. The number of benzene rings is 1. The zero-order chi connectivity index (χ0) is 8.55. The molecule has 0 spiro atoms. The van der Waals surface area contributed by atoms with Gasteiger partial charge >= 0.3 is 0 Å². The molecule has 1 aliphatic rings. The van der Waals surface area contributed by atoms with Crippen LogP contribution < -0.4 is 0 Å². The summed E-state index contributed by atoms with van der Waals surface area (Å²) in [6.45, 7) is 0. The van der Waals surface area contributed by atoms with E-state index in [1.54, 1.807) is 23.9 Å². The van der Waals surface area contributed by atoms with E-state index in [1.807, 2.05) is 6.26 Å². The maximum absolute atomic E-state index is 13.0. The summed E-state index contributed by atoms with van der Waals surface area (Å²) in [5.74, 6) is 0.551. The van der Waals surface area contributed by atoms with Gasteiger partial charge in [-0.05, 0) is 48.8 Å². The molecule has 0 radical (unpaired) electrons. The molecule has 0 bridgehead atoms. The summed E-state index contributed by atoms with van der Waals surface area (Å²) in [4.78, 5) is 1.04. The van der Waals surface area contributed by atoms with Crippen LogP contribution in [0.4, 0.5) is 4.39 Å². The van der Waals surface area contributed by atoms with Crippen LogP contribution in [0.2, 0.25) is 0 Å². The van der Waals surface area contributed by atoms with Gasteiger partial charge in [-0.15, -0.1) is 11.8 Å². The Labute approximate surface area is 76.2 Å². The van der Waals surface area contributed by atoms with E-state index in [1.165, 1.54) is 18.4 Å². The Morgan fingerprint density at radius 2 is 2.08 bits per heavy atom. The first kappa shape index (κ1) is 8.11. The second kappa shape index (κ2) is 3.09. The lowest BCUT2D eigenvalue weighted by atomic mass is 10.1. The van der Waals surface area contributed by atoms with Gasteiger partial charge in [0.2, 0.25) is 0 Å². The molecule has 0 atom stereocenters. The third-order valence-electron chi connectivity index (χ3n) is 2.18. The number of rotatable bonds is 2. The van der Waals surface area contributed by atoms with Crippen molar-refractivity contribution in [2.24, 2.45) is 0 Å². The van der Waals surface area contributed by atoms with Crippen molar-refractivity contribution in [2.45, 2.75) is 23.7 Å². The van der Waals surface area contributed by atoms with E-state index < -0.39 is 0 Å². The van der Waals surface area contributed by atoms with Gasteiger partial charge in [-0.25, -0.2) is 4.39 Å². The monoisotopic (exact) mass is 182 g/mol. The van der Waals surface area contributed by atoms with Crippen molar-refractivity contribution in [3.05, 3.63) is 29.6 Å². The molecule has 64 valence electrons. The van der Waals surface area contributed by atoms with Crippen molar-refractivity contribution in [1.82, 2.24) is 0 Å². The van der Waals surface area contributed by atoms with E-state index in [2.05, 4.69) is 6.07 Å². The van der Waals surface area contributed by atoms with Gasteiger partial charge in [0, 0.05) is 4.90 Å².